The SMILES string of the molecule is CCCCCCCCCC(CC)OC(=O)CCCCCCCC(=O)OCC(CO)COC. The smallest absolute Gasteiger partial charge is 0.306 e. The van der Waals surface area contributed by atoms with Gasteiger partial charge in [-0.05, 0) is 32.1 Å². The van der Waals surface area contributed by atoms with E-state index < -0.39 is 0 Å². The van der Waals surface area contributed by atoms with Gasteiger partial charge in [-0.1, -0.05) is 71.6 Å². The lowest BCUT2D eigenvalue weighted by Gasteiger charge is -2.16. The van der Waals surface area contributed by atoms with E-state index in [2.05, 4.69) is 13.8 Å². The third-order valence-corrected chi connectivity index (χ3v) is 5.79. The van der Waals surface area contributed by atoms with Crippen molar-refractivity contribution in [2.24, 2.45) is 5.92 Å². The van der Waals surface area contributed by atoms with Gasteiger partial charge in [-0.2, -0.15) is 0 Å². The van der Waals surface area contributed by atoms with Gasteiger partial charge in [-0.25, -0.2) is 0 Å². The number of ether oxygens (including phenoxy) is 3. The Balaban J connectivity index is 3.63. The van der Waals surface area contributed by atoms with Gasteiger partial charge in [0, 0.05) is 25.9 Å². The van der Waals surface area contributed by atoms with Gasteiger partial charge in [0.25, 0.3) is 0 Å². The number of carbonyl (C=O) groups is 2. The zero-order valence-electron chi connectivity index (χ0n) is 21.1. The Kier molecular flexibility index (Phi) is 22.2. The lowest BCUT2D eigenvalue weighted by Crippen LogP contribution is -2.21. The van der Waals surface area contributed by atoms with Crippen LogP contribution in [-0.2, 0) is 23.8 Å². The van der Waals surface area contributed by atoms with Crippen LogP contribution >= 0.6 is 0 Å². The summed E-state index contributed by atoms with van der Waals surface area (Å²) in [4.78, 5) is 23.8. The molecule has 0 rings (SSSR count). The van der Waals surface area contributed by atoms with Crippen LogP contribution < -0.4 is 0 Å². The van der Waals surface area contributed by atoms with Gasteiger partial charge < -0.3 is 19.3 Å². The van der Waals surface area contributed by atoms with E-state index in [0.717, 1.165) is 51.4 Å². The number of aliphatic hydroxyl groups excluding tert-OH is 1. The third-order valence-electron chi connectivity index (χ3n) is 5.79. The molecular weight excluding hydrogens is 408 g/mol. The Bertz CT molecular complexity index is 440. The van der Waals surface area contributed by atoms with E-state index in [1.807, 2.05) is 0 Å². The van der Waals surface area contributed by atoms with Crippen LogP contribution in [0.4, 0.5) is 0 Å². The average molecular weight is 459 g/mol. The van der Waals surface area contributed by atoms with Gasteiger partial charge in [-0.3, -0.25) is 9.59 Å². The summed E-state index contributed by atoms with van der Waals surface area (Å²) in [6.07, 6.45) is 16.3. The zero-order valence-corrected chi connectivity index (χ0v) is 21.1. The summed E-state index contributed by atoms with van der Waals surface area (Å²) in [5.41, 5.74) is 0. The summed E-state index contributed by atoms with van der Waals surface area (Å²) in [5.74, 6) is -0.459. The molecule has 0 aliphatic carbocycles. The highest BCUT2D eigenvalue weighted by Crippen LogP contribution is 2.15. The summed E-state index contributed by atoms with van der Waals surface area (Å²) in [5, 5.41) is 9.15. The van der Waals surface area contributed by atoms with E-state index in [9.17, 15) is 9.59 Å². The Morgan fingerprint density at radius 3 is 1.88 bits per heavy atom. The van der Waals surface area contributed by atoms with E-state index >= 15 is 0 Å². The normalized spacial score (nSPS) is 13.0. The van der Waals surface area contributed by atoms with Crippen molar-refractivity contribution in [3.8, 4) is 0 Å². The number of methoxy groups -OCH3 is 1. The zero-order chi connectivity index (χ0) is 23.9. The fourth-order valence-electron chi connectivity index (χ4n) is 3.66. The molecule has 1 N–H and O–H groups in total. The van der Waals surface area contributed by atoms with Crippen LogP contribution in [0.15, 0.2) is 0 Å². The van der Waals surface area contributed by atoms with Gasteiger partial charge in [0.2, 0.25) is 0 Å². The van der Waals surface area contributed by atoms with Gasteiger partial charge in [0.15, 0.2) is 0 Å². The van der Waals surface area contributed by atoms with Crippen molar-refractivity contribution in [3.05, 3.63) is 0 Å². The summed E-state index contributed by atoms with van der Waals surface area (Å²) >= 11 is 0. The molecule has 2 unspecified atom stereocenters. The first-order chi connectivity index (χ1) is 15.6. The molecule has 190 valence electrons. The minimum atomic E-state index is -0.227. The van der Waals surface area contributed by atoms with Crippen LogP contribution in [-0.4, -0.2) is 50.1 Å². The van der Waals surface area contributed by atoms with Gasteiger partial charge in [0.05, 0.1) is 19.8 Å². The van der Waals surface area contributed by atoms with Crippen molar-refractivity contribution in [1.29, 1.82) is 0 Å². The second-order valence-electron chi connectivity index (χ2n) is 8.88. The molecule has 2 atom stereocenters. The maximum absolute atomic E-state index is 12.1. The molecule has 0 aromatic rings. The number of hydrogen-bond acceptors (Lipinski definition) is 6. The fraction of sp³-hybridized carbons (Fsp3) is 0.923. The summed E-state index contributed by atoms with van der Waals surface area (Å²) in [6.45, 7) is 4.85. The molecule has 0 amide bonds. The van der Waals surface area contributed by atoms with E-state index in [4.69, 9.17) is 19.3 Å². The lowest BCUT2D eigenvalue weighted by molar-refractivity contribution is -0.150. The minimum absolute atomic E-state index is 0.0539. The standard InChI is InChI=1S/C26H50O6/c1-4-6-7-8-9-11-14-17-24(5-2)32-26(29)19-16-13-10-12-15-18-25(28)31-22-23(20-27)21-30-3/h23-24,27H,4-22H2,1-3H3. The predicted molar refractivity (Wildman–Crippen MR) is 129 cm³/mol. The molecule has 0 aliphatic heterocycles. The Hall–Kier alpha value is -1.14. The van der Waals surface area contributed by atoms with Gasteiger partial charge in [0.1, 0.15) is 6.10 Å². The largest absolute Gasteiger partial charge is 0.465 e. The molecule has 0 bridgehead atoms. The summed E-state index contributed by atoms with van der Waals surface area (Å²) in [6, 6.07) is 0. The summed E-state index contributed by atoms with van der Waals surface area (Å²) < 4.78 is 15.8. The molecule has 0 fully saturated rings. The highest BCUT2D eigenvalue weighted by molar-refractivity contribution is 5.69. The molecular formula is C26H50O6. The minimum Gasteiger partial charge on any atom is -0.465 e. The average Bonchev–Trinajstić information content (AvgIpc) is 2.79. The number of aliphatic hydroxyl groups is 1. The van der Waals surface area contributed by atoms with Crippen molar-refractivity contribution < 1.29 is 28.9 Å². The Labute approximate surface area is 196 Å². The summed E-state index contributed by atoms with van der Waals surface area (Å²) in [7, 11) is 1.56. The molecule has 0 saturated carbocycles. The monoisotopic (exact) mass is 458 g/mol. The second kappa shape index (κ2) is 23.0. The predicted octanol–water partition coefficient (Wildman–Crippen LogP) is 5.98. The van der Waals surface area contributed by atoms with E-state index in [-0.39, 0.29) is 37.2 Å². The van der Waals surface area contributed by atoms with Crippen molar-refractivity contribution in [2.75, 3.05) is 26.9 Å². The third kappa shape index (κ3) is 19.5. The van der Waals surface area contributed by atoms with Crippen molar-refractivity contribution in [2.45, 2.75) is 123 Å². The van der Waals surface area contributed by atoms with Gasteiger partial charge in [-0.15, -0.1) is 0 Å². The molecule has 0 aromatic heterocycles. The van der Waals surface area contributed by atoms with Crippen LogP contribution in [0.1, 0.15) is 117 Å². The number of carbonyl (C=O) groups excluding carboxylic acids is 2. The highest BCUT2D eigenvalue weighted by Gasteiger charge is 2.13. The van der Waals surface area contributed by atoms with E-state index in [0.29, 0.717) is 19.4 Å². The molecule has 0 saturated heterocycles. The van der Waals surface area contributed by atoms with Crippen LogP contribution in [0.25, 0.3) is 0 Å². The molecule has 0 spiro atoms. The van der Waals surface area contributed by atoms with Crippen LogP contribution in [0.5, 0.6) is 0 Å². The maximum atomic E-state index is 12.1. The Morgan fingerprint density at radius 2 is 1.31 bits per heavy atom. The number of hydrogen-bond donors (Lipinski definition) is 1. The molecule has 0 heterocycles. The number of rotatable bonds is 23. The highest BCUT2D eigenvalue weighted by atomic mass is 16.5. The van der Waals surface area contributed by atoms with Crippen LogP contribution in [0, 0.1) is 5.92 Å². The topological polar surface area (TPSA) is 82.1 Å². The van der Waals surface area contributed by atoms with Crippen molar-refractivity contribution in [3.63, 3.8) is 0 Å². The number of esters is 2. The molecule has 6 nitrogen and oxygen atoms in total. The van der Waals surface area contributed by atoms with E-state index in [1.165, 1.54) is 38.5 Å². The van der Waals surface area contributed by atoms with Crippen LogP contribution in [0.2, 0.25) is 0 Å². The number of unbranched alkanes of at least 4 members (excludes halogenated alkanes) is 10. The first kappa shape index (κ1) is 30.9. The molecule has 0 aromatic carbocycles. The van der Waals surface area contributed by atoms with E-state index in [1.54, 1.807) is 7.11 Å². The molecule has 6 heteroatoms. The second-order valence-corrected chi connectivity index (χ2v) is 8.88. The first-order valence-corrected chi connectivity index (χ1v) is 13.0. The fourth-order valence-corrected chi connectivity index (χ4v) is 3.66. The Morgan fingerprint density at radius 1 is 0.750 bits per heavy atom. The van der Waals surface area contributed by atoms with Crippen molar-refractivity contribution >= 4 is 11.9 Å². The maximum Gasteiger partial charge on any atom is 0.306 e. The van der Waals surface area contributed by atoms with Crippen LogP contribution in [0.3, 0.4) is 0 Å². The quantitative estimate of drug-likeness (QED) is 0.150. The molecule has 32 heavy (non-hydrogen) atoms. The lowest BCUT2D eigenvalue weighted by atomic mass is 10.1. The van der Waals surface area contributed by atoms with Gasteiger partial charge >= 0.3 is 11.9 Å². The molecule has 0 radical (unpaired) electrons. The first-order valence-electron chi connectivity index (χ1n) is 13.0. The van der Waals surface area contributed by atoms with Crippen molar-refractivity contribution in [1.82, 2.24) is 0 Å². The molecule has 0 aliphatic rings.